The van der Waals surface area contributed by atoms with Gasteiger partial charge in [-0.05, 0) is 71.0 Å². The van der Waals surface area contributed by atoms with Gasteiger partial charge in [-0.25, -0.2) is 0 Å². The summed E-state index contributed by atoms with van der Waals surface area (Å²) in [6, 6.07) is 16.0. The zero-order valence-corrected chi connectivity index (χ0v) is 14.0. The van der Waals surface area contributed by atoms with E-state index in [2.05, 4.69) is 46.9 Å². The summed E-state index contributed by atoms with van der Waals surface area (Å²) in [5.74, 6) is 0.688. The zero-order chi connectivity index (χ0) is 13.7. The molecule has 0 aromatic heterocycles. The Morgan fingerprint density at radius 1 is 1.05 bits per heavy atom. The standard InChI is InChI=1S/C15H14ClIOS/c16-12-3-7-15(8-4-12)19-10-14(18)9-11-1-5-13(17)6-2-11/h1-8,14,18H,9-10H2. The predicted molar refractivity (Wildman–Crippen MR) is 91.0 cm³/mol. The van der Waals surface area contributed by atoms with Crippen molar-refractivity contribution in [3.8, 4) is 0 Å². The molecule has 0 bridgehead atoms. The summed E-state index contributed by atoms with van der Waals surface area (Å²) in [6.07, 6.45) is 0.359. The molecule has 0 aliphatic heterocycles. The maximum absolute atomic E-state index is 10.0. The number of thioether (sulfide) groups is 1. The summed E-state index contributed by atoms with van der Waals surface area (Å²) in [6.45, 7) is 0. The average molecular weight is 405 g/mol. The largest absolute Gasteiger partial charge is 0.392 e. The molecule has 0 heterocycles. The van der Waals surface area contributed by atoms with Crippen LogP contribution in [-0.4, -0.2) is 17.0 Å². The molecule has 2 rings (SSSR count). The molecule has 0 amide bonds. The van der Waals surface area contributed by atoms with E-state index in [1.54, 1.807) is 11.8 Å². The van der Waals surface area contributed by atoms with Crippen molar-refractivity contribution >= 4 is 46.0 Å². The van der Waals surface area contributed by atoms with Gasteiger partial charge in [0.15, 0.2) is 0 Å². The lowest BCUT2D eigenvalue weighted by molar-refractivity contribution is 0.200. The van der Waals surface area contributed by atoms with Crippen LogP contribution in [0.25, 0.3) is 0 Å². The van der Waals surface area contributed by atoms with Crippen molar-refractivity contribution in [3.05, 3.63) is 62.7 Å². The van der Waals surface area contributed by atoms with Gasteiger partial charge in [0.05, 0.1) is 6.10 Å². The van der Waals surface area contributed by atoms with E-state index in [9.17, 15) is 5.11 Å². The molecule has 1 atom stereocenters. The fraction of sp³-hybridized carbons (Fsp3) is 0.200. The van der Waals surface area contributed by atoms with E-state index in [-0.39, 0.29) is 6.10 Å². The van der Waals surface area contributed by atoms with E-state index < -0.39 is 0 Å². The first-order valence-electron chi connectivity index (χ1n) is 5.94. The predicted octanol–water partition coefficient (Wildman–Crippen LogP) is 4.64. The van der Waals surface area contributed by atoms with Gasteiger partial charge in [0.25, 0.3) is 0 Å². The van der Waals surface area contributed by atoms with Crippen molar-refractivity contribution in [3.63, 3.8) is 0 Å². The van der Waals surface area contributed by atoms with Crippen LogP contribution in [0.2, 0.25) is 5.02 Å². The lowest BCUT2D eigenvalue weighted by Gasteiger charge is -2.10. The van der Waals surface area contributed by atoms with Crippen molar-refractivity contribution in [2.75, 3.05) is 5.75 Å². The molecule has 2 aromatic rings. The normalized spacial score (nSPS) is 12.4. The second kappa shape index (κ2) is 7.53. The minimum Gasteiger partial charge on any atom is -0.392 e. The lowest BCUT2D eigenvalue weighted by Crippen LogP contribution is -2.13. The number of hydrogen-bond acceptors (Lipinski definition) is 2. The van der Waals surface area contributed by atoms with Crippen LogP contribution < -0.4 is 0 Å². The summed E-state index contributed by atoms with van der Waals surface area (Å²) in [4.78, 5) is 1.13. The first-order valence-corrected chi connectivity index (χ1v) is 8.38. The van der Waals surface area contributed by atoms with E-state index in [4.69, 9.17) is 11.6 Å². The van der Waals surface area contributed by atoms with E-state index in [1.165, 1.54) is 9.13 Å². The molecular formula is C15H14ClIOS. The van der Waals surface area contributed by atoms with Crippen LogP contribution in [-0.2, 0) is 6.42 Å². The Bertz CT molecular complexity index is 513. The highest BCUT2D eigenvalue weighted by Crippen LogP contribution is 2.22. The Kier molecular flexibility index (Phi) is 6.01. The molecular weight excluding hydrogens is 391 g/mol. The van der Waals surface area contributed by atoms with Crippen molar-refractivity contribution in [1.29, 1.82) is 0 Å². The van der Waals surface area contributed by atoms with Gasteiger partial charge in [0.1, 0.15) is 0 Å². The number of hydrogen-bond donors (Lipinski definition) is 1. The van der Waals surface area contributed by atoms with Crippen LogP contribution in [0.5, 0.6) is 0 Å². The molecule has 0 spiro atoms. The van der Waals surface area contributed by atoms with E-state index in [0.29, 0.717) is 12.2 Å². The van der Waals surface area contributed by atoms with Gasteiger partial charge in [-0.1, -0.05) is 23.7 Å². The molecule has 4 heteroatoms. The second-order valence-electron chi connectivity index (χ2n) is 4.25. The van der Waals surface area contributed by atoms with Gasteiger partial charge in [-0.3, -0.25) is 0 Å². The van der Waals surface area contributed by atoms with Crippen LogP contribution in [0.15, 0.2) is 53.4 Å². The Balaban J connectivity index is 1.82. The van der Waals surface area contributed by atoms with Crippen molar-refractivity contribution in [1.82, 2.24) is 0 Å². The van der Waals surface area contributed by atoms with Gasteiger partial charge >= 0.3 is 0 Å². The monoisotopic (exact) mass is 404 g/mol. The first kappa shape index (κ1) is 15.2. The molecule has 19 heavy (non-hydrogen) atoms. The van der Waals surface area contributed by atoms with E-state index in [0.717, 1.165) is 9.92 Å². The fourth-order valence-corrected chi connectivity index (χ4v) is 2.99. The van der Waals surface area contributed by atoms with Gasteiger partial charge in [-0.2, -0.15) is 0 Å². The Hall–Kier alpha value is -0.230. The average Bonchev–Trinajstić information content (AvgIpc) is 2.41. The van der Waals surface area contributed by atoms with E-state index in [1.807, 2.05) is 24.3 Å². The number of rotatable bonds is 5. The molecule has 100 valence electrons. The van der Waals surface area contributed by atoms with Crippen molar-refractivity contribution < 1.29 is 5.11 Å². The van der Waals surface area contributed by atoms with Crippen LogP contribution in [0.1, 0.15) is 5.56 Å². The summed E-state index contributed by atoms with van der Waals surface area (Å²) in [7, 11) is 0. The quantitative estimate of drug-likeness (QED) is 0.579. The molecule has 0 aliphatic rings. The maximum atomic E-state index is 10.0. The molecule has 2 aromatic carbocycles. The van der Waals surface area contributed by atoms with Crippen LogP contribution in [0.3, 0.4) is 0 Å². The van der Waals surface area contributed by atoms with Gasteiger partial charge in [0.2, 0.25) is 0 Å². The number of halogens is 2. The van der Waals surface area contributed by atoms with Crippen LogP contribution >= 0.6 is 46.0 Å². The number of aliphatic hydroxyl groups excluding tert-OH is 1. The molecule has 0 aliphatic carbocycles. The fourth-order valence-electron chi connectivity index (χ4n) is 1.67. The lowest BCUT2D eigenvalue weighted by atomic mass is 10.1. The summed E-state index contributed by atoms with van der Waals surface area (Å²) >= 11 is 9.76. The SMILES string of the molecule is OC(CSc1ccc(Cl)cc1)Cc1ccc(I)cc1. The molecule has 0 saturated carbocycles. The van der Waals surface area contributed by atoms with Crippen LogP contribution in [0.4, 0.5) is 0 Å². The maximum Gasteiger partial charge on any atom is 0.0674 e. The highest BCUT2D eigenvalue weighted by Gasteiger charge is 2.06. The topological polar surface area (TPSA) is 20.2 Å². The van der Waals surface area contributed by atoms with Gasteiger partial charge in [0, 0.05) is 19.2 Å². The summed E-state index contributed by atoms with van der Waals surface area (Å²) in [5, 5.41) is 10.8. The third-order valence-electron chi connectivity index (χ3n) is 2.64. The molecule has 0 radical (unpaired) electrons. The molecule has 1 nitrogen and oxygen atoms in total. The minimum atomic E-state index is -0.333. The van der Waals surface area contributed by atoms with Gasteiger partial charge in [-0.15, -0.1) is 11.8 Å². The summed E-state index contributed by atoms with van der Waals surface area (Å²) < 4.78 is 1.21. The van der Waals surface area contributed by atoms with Crippen molar-refractivity contribution in [2.45, 2.75) is 17.4 Å². The van der Waals surface area contributed by atoms with E-state index >= 15 is 0 Å². The van der Waals surface area contributed by atoms with Crippen LogP contribution in [0, 0.1) is 3.57 Å². The smallest absolute Gasteiger partial charge is 0.0674 e. The number of aliphatic hydroxyl groups is 1. The Labute approximate surface area is 136 Å². The van der Waals surface area contributed by atoms with Gasteiger partial charge < -0.3 is 5.11 Å². The number of benzene rings is 2. The zero-order valence-electron chi connectivity index (χ0n) is 10.2. The Morgan fingerprint density at radius 3 is 2.32 bits per heavy atom. The Morgan fingerprint density at radius 2 is 1.68 bits per heavy atom. The highest BCUT2D eigenvalue weighted by molar-refractivity contribution is 14.1. The molecule has 1 unspecified atom stereocenters. The van der Waals surface area contributed by atoms with Crippen molar-refractivity contribution in [2.24, 2.45) is 0 Å². The summed E-state index contributed by atoms with van der Waals surface area (Å²) in [5.41, 5.74) is 1.17. The molecule has 1 N–H and O–H groups in total. The highest BCUT2D eigenvalue weighted by atomic mass is 127. The first-order chi connectivity index (χ1) is 9.13. The molecule has 0 saturated heterocycles. The second-order valence-corrected chi connectivity index (χ2v) is 7.02. The third-order valence-corrected chi connectivity index (χ3v) is 4.77. The molecule has 0 fully saturated rings. The third kappa shape index (κ3) is 5.34. The minimum absolute atomic E-state index is 0.333.